The van der Waals surface area contributed by atoms with Crippen LogP contribution in [0.4, 0.5) is 10.5 Å². The number of hydrogen-bond acceptors (Lipinski definition) is 4. The Labute approximate surface area is 118 Å². The summed E-state index contributed by atoms with van der Waals surface area (Å²) in [5.74, 6) is 0. The molecule has 1 amide bonds. The van der Waals surface area contributed by atoms with Crippen LogP contribution in [0.3, 0.4) is 0 Å². The summed E-state index contributed by atoms with van der Waals surface area (Å²) in [6.45, 7) is 0. The van der Waals surface area contributed by atoms with E-state index in [-0.39, 0.29) is 6.04 Å². The number of hydrogen-bond donors (Lipinski definition) is 2. The Bertz CT molecular complexity index is 637. The third-order valence-electron chi connectivity index (χ3n) is 2.53. The number of aromatic nitrogens is 1. The zero-order valence-corrected chi connectivity index (χ0v) is 11.1. The zero-order valence-electron chi connectivity index (χ0n) is 10.3. The minimum atomic E-state index is -1.12. The summed E-state index contributed by atoms with van der Waals surface area (Å²) in [5.41, 5.74) is 9.98. The van der Waals surface area contributed by atoms with Gasteiger partial charge in [0.15, 0.2) is 0 Å². The van der Waals surface area contributed by atoms with Gasteiger partial charge < -0.3 is 5.11 Å². The van der Waals surface area contributed by atoms with Gasteiger partial charge in [0, 0.05) is 22.2 Å². The highest BCUT2D eigenvalue weighted by molar-refractivity contribution is 7.09. The van der Waals surface area contributed by atoms with Crippen molar-refractivity contribution in [2.75, 3.05) is 5.32 Å². The number of carboxylic acid groups (broad SMARTS) is 1. The van der Waals surface area contributed by atoms with Crippen LogP contribution in [0.15, 0.2) is 41.0 Å². The van der Waals surface area contributed by atoms with Gasteiger partial charge in [-0.05, 0) is 29.6 Å². The molecular formula is C12H11N5O2S. The molecule has 102 valence electrons. The predicted molar refractivity (Wildman–Crippen MR) is 75.8 cm³/mol. The third-order valence-corrected chi connectivity index (χ3v) is 3.41. The van der Waals surface area contributed by atoms with Gasteiger partial charge in [-0.1, -0.05) is 17.2 Å². The Morgan fingerprint density at radius 1 is 1.60 bits per heavy atom. The standard InChI is InChI=1S/C12H11N5O2S/c13-17-16-10(11-14-4-5-20-11)7-8-2-1-3-9(6-8)15-12(18)19/h1-6,10,15H,7H2,(H,18,19). The van der Waals surface area contributed by atoms with Gasteiger partial charge in [-0.25, -0.2) is 9.78 Å². The number of rotatable bonds is 5. The lowest BCUT2D eigenvalue weighted by atomic mass is 10.1. The molecule has 0 aliphatic carbocycles. The molecule has 1 aromatic heterocycles. The lowest BCUT2D eigenvalue weighted by molar-refractivity contribution is 0.210. The van der Waals surface area contributed by atoms with E-state index in [1.165, 1.54) is 11.3 Å². The largest absolute Gasteiger partial charge is 0.465 e. The van der Waals surface area contributed by atoms with Crippen LogP contribution in [-0.4, -0.2) is 16.2 Å². The highest BCUT2D eigenvalue weighted by atomic mass is 32.1. The van der Waals surface area contributed by atoms with Crippen LogP contribution < -0.4 is 5.32 Å². The first-order chi connectivity index (χ1) is 9.69. The molecule has 0 bridgehead atoms. The highest BCUT2D eigenvalue weighted by Gasteiger charge is 2.13. The molecule has 0 radical (unpaired) electrons. The molecule has 1 aromatic carbocycles. The van der Waals surface area contributed by atoms with Crippen molar-refractivity contribution in [3.63, 3.8) is 0 Å². The Morgan fingerprint density at radius 2 is 2.45 bits per heavy atom. The van der Waals surface area contributed by atoms with Crippen molar-refractivity contribution in [2.45, 2.75) is 12.5 Å². The Hall–Kier alpha value is -2.57. The van der Waals surface area contributed by atoms with Gasteiger partial charge in [-0.15, -0.1) is 11.3 Å². The van der Waals surface area contributed by atoms with Crippen molar-refractivity contribution in [1.29, 1.82) is 0 Å². The van der Waals surface area contributed by atoms with Crippen molar-refractivity contribution in [3.05, 3.63) is 56.9 Å². The van der Waals surface area contributed by atoms with E-state index in [1.807, 2.05) is 11.4 Å². The molecule has 8 heteroatoms. The molecule has 1 atom stereocenters. The first-order valence-corrected chi connectivity index (χ1v) is 6.59. The second-order valence-electron chi connectivity index (χ2n) is 3.93. The maximum atomic E-state index is 10.6. The van der Waals surface area contributed by atoms with Crippen LogP contribution in [0.5, 0.6) is 0 Å². The van der Waals surface area contributed by atoms with Gasteiger partial charge in [0.25, 0.3) is 0 Å². The third kappa shape index (κ3) is 3.71. The van der Waals surface area contributed by atoms with Crippen LogP contribution >= 0.6 is 11.3 Å². The average Bonchev–Trinajstić information content (AvgIpc) is 2.91. The van der Waals surface area contributed by atoms with Crippen LogP contribution in [0, 0.1) is 0 Å². The SMILES string of the molecule is [N-]=[N+]=NC(Cc1cccc(NC(=O)O)c1)c1nccs1. The first kappa shape index (κ1) is 13.9. The van der Waals surface area contributed by atoms with Crippen molar-refractivity contribution in [1.82, 2.24) is 4.98 Å². The molecule has 0 fully saturated rings. The molecular weight excluding hydrogens is 278 g/mol. The summed E-state index contributed by atoms with van der Waals surface area (Å²) in [6, 6.07) is 6.57. The fourth-order valence-corrected chi connectivity index (χ4v) is 2.43. The topological polar surface area (TPSA) is 111 Å². The molecule has 0 aliphatic rings. The number of azide groups is 1. The molecule has 20 heavy (non-hydrogen) atoms. The first-order valence-electron chi connectivity index (χ1n) is 5.71. The van der Waals surface area contributed by atoms with Crippen molar-refractivity contribution < 1.29 is 9.90 Å². The highest BCUT2D eigenvalue weighted by Crippen LogP contribution is 2.25. The summed E-state index contributed by atoms with van der Waals surface area (Å²) in [4.78, 5) is 17.6. The second-order valence-corrected chi connectivity index (χ2v) is 4.85. The fourth-order valence-electron chi connectivity index (χ4n) is 1.76. The molecule has 2 N–H and O–H groups in total. The molecule has 7 nitrogen and oxygen atoms in total. The van der Waals surface area contributed by atoms with Gasteiger partial charge >= 0.3 is 6.09 Å². The van der Waals surface area contributed by atoms with E-state index < -0.39 is 6.09 Å². The number of amides is 1. The van der Waals surface area contributed by atoms with E-state index in [0.717, 1.165) is 10.6 Å². The molecule has 1 unspecified atom stereocenters. The van der Waals surface area contributed by atoms with Gasteiger partial charge in [0.1, 0.15) is 5.01 Å². The lowest BCUT2D eigenvalue weighted by Gasteiger charge is -2.09. The molecule has 2 rings (SSSR count). The number of benzene rings is 1. The van der Waals surface area contributed by atoms with Crippen molar-refractivity contribution in [3.8, 4) is 0 Å². The van der Waals surface area contributed by atoms with Crippen LogP contribution in [0.2, 0.25) is 0 Å². The van der Waals surface area contributed by atoms with Crippen LogP contribution in [-0.2, 0) is 6.42 Å². The Balaban J connectivity index is 2.18. The van der Waals surface area contributed by atoms with Crippen LogP contribution in [0.1, 0.15) is 16.6 Å². The summed E-state index contributed by atoms with van der Waals surface area (Å²) in [7, 11) is 0. The Morgan fingerprint density at radius 3 is 3.10 bits per heavy atom. The molecule has 0 saturated carbocycles. The summed E-state index contributed by atoms with van der Waals surface area (Å²) < 4.78 is 0. The van der Waals surface area contributed by atoms with Gasteiger partial charge in [-0.3, -0.25) is 5.32 Å². The maximum absolute atomic E-state index is 10.6. The van der Waals surface area contributed by atoms with E-state index in [4.69, 9.17) is 10.6 Å². The van der Waals surface area contributed by atoms with E-state index in [0.29, 0.717) is 12.1 Å². The number of nitrogens with zero attached hydrogens (tertiary/aromatic N) is 4. The molecule has 0 aliphatic heterocycles. The molecule has 2 aromatic rings. The number of thiazole rings is 1. The Kier molecular flexibility index (Phi) is 4.54. The predicted octanol–water partition coefficient (Wildman–Crippen LogP) is 3.83. The van der Waals surface area contributed by atoms with Gasteiger partial charge in [0.2, 0.25) is 0 Å². The molecule has 1 heterocycles. The maximum Gasteiger partial charge on any atom is 0.409 e. The quantitative estimate of drug-likeness (QED) is 0.495. The average molecular weight is 289 g/mol. The number of carbonyl (C=O) groups is 1. The van der Waals surface area contributed by atoms with E-state index in [9.17, 15) is 4.79 Å². The van der Waals surface area contributed by atoms with E-state index in [1.54, 1.807) is 24.4 Å². The summed E-state index contributed by atoms with van der Waals surface area (Å²) >= 11 is 1.42. The lowest BCUT2D eigenvalue weighted by Crippen LogP contribution is -2.07. The van der Waals surface area contributed by atoms with Crippen molar-refractivity contribution in [2.24, 2.45) is 5.11 Å². The minimum absolute atomic E-state index is 0.389. The number of anilines is 1. The van der Waals surface area contributed by atoms with E-state index in [2.05, 4.69) is 20.3 Å². The molecule has 0 saturated heterocycles. The fraction of sp³-hybridized carbons (Fsp3) is 0.167. The van der Waals surface area contributed by atoms with Gasteiger partial charge in [0.05, 0.1) is 6.04 Å². The number of nitrogens with one attached hydrogen (secondary N) is 1. The summed E-state index contributed by atoms with van der Waals surface area (Å²) in [6.07, 6.45) is 1.00. The van der Waals surface area contributed by atoms with Crippen molar-refractivity contribution >= 4 is 23.1 Å². The van der Waals surface area contributed by atoms with Gasteiger partial charge in [-0.2, -0.15) is 0 Å². The second kappa shape index (κ2) is 6.55. The van der Waals surface area contributed by atoms with E-state index >= 15 is 0 Å². The van der Waals surface area contributed by atoms with Crippen LogP contribution in [0.25, 0.3) is 10.4 Å². The smallest absolute Gasteiger partial charge is 0.409 e. The minimum Gasteiger partial charge on any atom is -0.465 e. The normalized spacial score (nSPS) is 11.4. The monoisotopic (exact) mass is 289 g/mol. The molecule has 0 spiro atoms. The summed E-state index contributed by atoms with van der Waals surface area (Å²) in [5, 5.41) is 17.3. The zero-order chi connectivity index (χ0) is 14.4.